The zero-order chi connectivity index (χ0) is 22.4. The van der Waals surface area contributed by atoms with Crippen molar-refractivity contribution in [3.05, 3.63) is 59.7 Å². The summed E-state index contributed by atoms with van der Waals surface area (Å²) in [7, 11) is -3.19. The van der Waals surface area contributed by atoms with Crippen LogP contribution in [0.1, 0.15) is 69.4 Å². The molecular weight excluding hydrogens is 408 g/mol. The first-order chi connectivity index (χ1) is 15.0. The van der Waals surface area contributed by atoms with E-state index in [4.69, 9.17) is 9.84 Å². The Morgan fingerprint density at radius 3 is 1.97 bits per heavy atom. The molecule has 0 aliphatic rings. The summed E-state index contributed by atoms with van der Waals surface area (Å²) >= 11 is 0. The van der Waals surface area contributed by atoms with Gasteiger partial charge in [-0.2, -0.15) is 0 Å². The molecule has 1 N–H and O–H groups in total. The highest BCUT2D eigenvalue weighted by Gasteiger charge is 2.13. The minimum Gasteiger partial charge on any atom is -0.494 e. The number of ether oxygens (including phenoxy) is 1. The molecule has 0 spiro atoms. The average molecular weight is 445 g/mol. The van der Waals surface area contributed by atoms with Crippen molar-refractivity contribution in [1.82, 2.24) is 0 Å². The zero-order valence-electron chi connectivity index (χ0n) is 18.6. The second-order valence-corrected chi connectivity index (χ2v) is 9.95. The summed E-state index contributed by atoms with van der Waals surface area (Å²) < 4.78 is 30.6. The molecule has 2 aromatic rings. The molecule has 0 saturated heterocycles. The van der Waals surface area contributed by atoms with Gasteiger partial charge < -0.3 is 9.84 Å². The van der Waals surface area contributed by atoms with Gasteiger partial charge in [-0.15, -0.1) is 0 Å². The fourth-order valence-electron chi connectivity index (χ4n) is 3.25. The van der Waals surface area contributed by atoms with Gasteiger partial charge in [-0.25, -0.2) is 8.42 Å². The van der Waals surface area contributed by atoms with Gasteiger partial charge in [-0.05, 0) is 61.1 Å². The summed E-state index contributed by atoms with van der Waals surface area (Å²) in [5.74, 6) is 1.08. The highest BCUT2D eigenvalue weighted by atomic mass is 32.2. The maximum Gasteiger partial charge on any atom is 0.178 e. The Kier molecular flexibility index (Phi) is 11.4. The average Bonchev–Trinajstić information content (AvgIpc) is 2.79. The van der Waals surface area contributed by atoms with Crippen molar-refractivity contribution in [2.45, 2.75) is 63.2 Å². The Labute approximate surface area is 187 Å². The van der Waals surface area contributed by atoms with Crippen molar-refractivity contribution < 1.29 is 18.3 Å². The van der Waals surface area contributed by atoms with Crippen LogP contribution >= 0.6 is 0 Å². The molecule has 0 aliphatic heterocycles. The number of hydrogen-bond donors (Lipinski definition) is 1. The van der Waals surface area contributed by atoms with E-state index in [0.717, 1.165) is 68.2 Å². The largest absolute Gasteiger partial charge is 0.494 e. The summed E-state index contributed by atoms with van der Waals surface area (Å²) in [6.07, 6.45) is 11.8. The van der Waals surface area contributed by atoms with Gasteiger partial charge in [0.25, 0.3) is 0 Å². The summed E-state index contributed by atoms with van der Waals surface area (Å²) in [5.41, 5.74) is 2.02. The van der Waals surface area contributed by atoms with E-state index in [1.165, 1.54) is 0 Å². The quantitative estimate of drug-likeness (QED) is 0.265. The standard InChI is InChI=1S/C26H36O4S/c1-2-3-4-9-22-31(28,29)26-18-14-24(15-19-26)11-10-23-12-16-25(17-13-23)30-21-8-6-5-7-20-27/h10-19,27H,2-9,20-22H2,1H3. The Morgan fingerprint density at radius 1 is 0.774 bits per heavy atom. The zero-order valence-corrected chi connectivity index (χ0v) is 19.4. The van der Waals surface area contributed by atoms with Crippen molar-refractivity contribution in [3.8, 4) is 5.75 Å². The van der Waals surface area contributed by atoms with Crippen LogP contribution in [0, 0.1) is 0 Å². The number of aliphatic hydroxyl groups is 1. The van der Waals surface area contributed by atoms with Crippen LogP contribution in [0.4, 0.5) is 0 Å². The molecule has 2 aromatic carbocycles. The molecule has 2 rings (SSSR count). The van der Waals surface area contributed by atoms with Gasteiger partial charge in [0.1, 0.15) is 5.75 Å². The molecule has 0 heterocycles. The lowest BCUT2D eigenvalue weighted by molar-refractivity contribution is 0.273. The number of unbranched alkanes of at least 4 members (excludes halogenated alkanes) is 6. The van der Waals surface area contributed by atoms with Crippen LogP contribution in [0.3, 0.4) is 0 Å². The first kappa shape index (κ1) is 25.2. The van der Waals surface area contributed by atoms with Gasteiger partial charge in [0.15, 0.2) is 9.84 Å². The van der Waals surface area contributed by atoms with Crippen molar-refractivity contribution >= 4 is 22.0 Å². The Balaban J connectivity index is 1.82. The van der Waals surface area contributed by atoms with E-state index in [2.05, 4.69) is 6.92 Å². The Bertz CT molecular complexity index is 869. The van der Waals surface area contributed by atoms with E-state index in [-0.39, 0.29) is 12.4 Å². The number of benzene rings is 2. The fraction of sp³-hybridized carbons (Fsp3) is 0.462. The summed E-state index contributed by atoms with van der Waals surface area (Å²) in [6.45, 7) is 3.07. The van der Waals surface area contributed by atoms with Crippen LogP contribution in [-0.2, 0) is 9.84 Å². The monoisotopic (exact) mass is 444 g/mol. The minimum atomic E-state index is -3.19. The molecule has 0 fully saturated rings. The molecule has 0 aromatic heterocycles. The second kappa shape index (κ2) is 14.0. The van der Waals surface area contributed by atoms with E-state index in [1.54, 1.807) is 12.1 Å². The van der Waals surface area contributed by atoms with Crippen LogP contribution in [0.5, 0.6) is 5.75 Å². The SMILES string of the molecule is CCCCCCS(=O)(=O)c1ccc(C=Cc2ccc(OCCCCCCO)cc2)cc1. The molecule has 0 radical (unpaired) electrons. The lowest BCUT2D eigenvalue weighted by Gasteiger charge is -2.06. The van der Waals surface area contributed by atoms with Gasteiger partial charge in [0.05, 0.1) is 17.3 Å². The fourth-order valence-corrected chi connectivity index (χ4v) is 4.62. The van der Waals surface area contributed by atoms with E-state index in [9.17, 15) is 8.42 Å². The minimum absolute atomic E-state index is 0.221. The van der Waals surface area contributed by atoms with Crippen molar-refractivity contribution in [2.24, 2.45) is 0 Å². The smallest absolute Gasteiger partial charge is 0.178 e. The third-order valence-electron chi connectivity index (χ3n) is 5.18. The van der Waals surface area contributed by atoms with Gasteiger partial charge in [0.2, 0.25) is 0 Å². The molecule has 0 amide bonds. The predicted molar refractivity (Wildman–Crippen MR) is 129 cm³/mol. The lowest BCUT2D eigenvalue weighted by atomic mass is 10.1. The number of rotatable bonds is 15. The maximum atomic E-state index is 12.4. The van der Waals surface area contributed by atoms with E-state index in [1.807, 2.05) is 48.6 Å². The highest BCUT2D eigenvalue weighted by Crippen LogP contribution is 2.18. The number of hydrogen-bond acceptors (Lipinski definition) is 4. The van der Waals surface area contributed by atoms with Crippen LogP contribution in [0.25, 0.3) is 12.2 Å². The van der Waals surface area contributed by atoms with E-state index in [0.29, 0.717) is 11.5 Å². The lowest BCUT2D eigenvalue weighted by Crippen LogP contribution is -2.06. The van der Waals surface area contributed by atoms with Gasteiger partial charge >= 0.3 is 0 Å². The first-order valence-electron chi connectivity index (χ1n) is 11.4. The number of sulfone groups is 1. The summed E-state index contributed by atoms with van der Waals surface area (Å²) in [4.78, 5) is 0.402. The van der Waals surface area contributed by atoms with Gasteiger partial charge in [0, 0.05) is 6.61 Å². The molecule has 0 unspecified atom stereocenters. The van der Waals surface area contributed by atoms with Crippen LogP contribution in [-0.4, -0.2) is 32.5 Å². The summed E-state index contributed by atoms with van der Waals surface area (Å²) in [5, 5.41) is 8.77. The maximum absolute atomic E-state index is 12.4. The van der Waals surface area contributed by atoms with E-state index < -0.39 is 9.84 Å². The molecule has 0 bridgehead atoms. The molecule has 31 heavy (non-hydrogen) atoms. The first-order valence-corrected chi connectivity index (χ1v) is 13.0. The molecule has 4 nitrogen and oxygen atoms in total. The Hall–Kier alpha value is -2.11. The third kappa shape index (κ3) is 9.70. The summed E-state index contributed by atoms with van der Waals surface area (Å²) in [6, 6.07) is 15.0. The van der Waals surface area contributed by atoms with Crippen LogP contribution in [0.15, 0.2) is 53.4 Å². The van der Waals surface area contributed by atoms with Gasteiger partial charge in [-0.1, -0.05) is 69.0 Å². The number of aliphatic hydroxyl groups excluding tert-OH is 1. The van der Waals surface area contributed by atoms with Gasteiger partial charge in [-0.3, -0.25) is 0 Å². The molecular formula is C26H36O4S. The van der Waals surface area contributed by atoms with Crippen molar-refractivity contribution in [3.63, 3.8) is 0 Å². The normalized spacial score (nSPS) is 11.8. The van der Waals surface area contributed by atoms with Crippen LogP contribution in [0.2, 0.25) is 0 Å². The molecule has 0 atom stereocenters. The molecule has 0 saturated carbocycles. The topological polar surface area (TPSA) is 63.6 Å². The molecule has 0 aliphatic carbocycles. The third-order valence-corrected chi connectivity index (χ3v) is 6.99. The van der Waals surface area contributed by atoms with E-state index >= 15 is 0 Å². The molecule has 5 heteroatoms. The van der Waals surface area contributed by atoms with Crippen molar-refractivity contribution in [2.75, 3.05) is 19.0 Å². The second-order valence-electron chi connectivity index (χ2n) is 7.84. The Morgan fingerprint density at radius 2 is 1.35 bits per heavy atom. The predicted octanol–water partition coefficient (Wildman–Crippen LogP) is 6.14. The highest BCUT2D eigenvalue weighted by molar-refractivity contribution is 7.91. The van der Waals surface area contributed by atoms with Crippen LogP contribution < -0.4 is 4.74 Å². The molecule has 170 valence electrons. The van der Waals surface area contributed by atoms with Crippen molar-refractivity contribution in [1.29, 1.82) is 0 Å².